The number of carbonyl (C=O) groups excluding carboxylic acids is 1. The summed E-state index contributed by atoms with van der Waals surface area (Å²) < 4.78 is 0. The van der Waals surface area contributed by atoms with Crippen LogP contribution in [0.4, 0.5) is 0 Å². The van der Waals surface area contributed by atoms with Crippen molar-refractivity contribution in [2.45, 2.75) is 83.8 Å². The third kappa shape index (κ3) is 5.24. The summed E-state index contributed by atoms with van der Waals surface area (Å²) >= 11 is 0. The molecule has 0 bridgehead atoms. The van der Waals surface area contributed by atoms with E-state index in [1.54, 1.807) is 6.92 Å². The molecule has 0 N–H and O–H groups in total. The number of unbranched alkanes of at least 4 members (excludes halogenated alkanes) is 1. The van der Waals surface area contributed by atoms with E-state index < -0.39 is 0 Å². The highest BCUT2D eigenvalue weighted by atomic mass is 16.1. The Balaban J connectivity index is 1.96. The summed E-state index contributed by atoms with van der Waals surface area (Å²) in [6.07, 6.45) is 9.54. The molecule has 0 saturated carbocycles. The van der Waals surface area contributed by atoms with E-state index in [0.717, 1.165) is 25.4 Å². The van der Waals surface area contributed by atoms with Gasteiger partial charge >= 0.3 is 0 Å². The lowest BCUT2D eigenvalue weighted by Gasteiger charge is -2.30. The van der Waals surface area contributed by atoms with Crippen molar-refractivity contribution in [2.75, 3.05) is 0 Å². The quantitative estimate of drug-likeness (QED) is 0.642. The van der Waals surface area contributed by atoms with Gasteiger partial charge in [-0.3, -0.25) is 4.90 Å². The van der Waals surface area contributed by atoms with Gasteiger partial charge in [-0.25, -0.2) is 0 Å². The van der Waals surface area contributed by atoms with Crippen molar-refractivity contribution < 1.29 is 4.79 Å². The average Bonchev–Trinajstić information content (AvgIpc) is 2.88. The van der Waals surface area contributed by atoms with Gasteiger partial charge in [0.2, 0.25) is 0 Å². The molecule has 1 saturated heterocycles. The van der Waals surface area contributed by atoms with Crippen LogP contribution in [0.1, 0.15) is 70.8 Å². The van der Waals surface area contributed by atoms with Gasteiger partial charge in [0.05, 0.1) is 0 Å². The number of hydrogen-bond donors (Lipinski definition) is 0. The Labute approximate surface area is 135 Å². The van der Waals surface area contributed by atoms with Crippen molar-refractivity contribution in [3.63, 3.8) is 0 Å². The highest BCUT2D eigenvalue weighted by Gasteiger charge is 2.32. The maximum atomic E-state index is 11.2. The molecular formula is C20H31NO. The van der Waals surface area contributed by atoms with Crippen LogP contribution in [0.2, 0.25) is 0 Å². The van der Waals surface area contributed by atoms with Crippen molar-refractivity contribution >= 4 is 5.78 Å². The number of likely N-dealkylation sites (tertiary alicyclic amines) is 1. The van der Waals surface area contributed by atoms with Crippen molar-refractivity contribution in [3.8, 4) is 0 Å². The Morgan fingerprint density at radius 2 is 1.73 bits per heavy atom. The fourth-order valence-corrected chi connectivity index (χ4v) is 3.71. The molecule has 1 aromatic carbocycles. The molecule has 2 atom stereocenters. The van der Waals surface area contributed by atoms with Crippen LogP contribution in [-0.2, 0) is 11.3 Å². The standard InChI is InChI=1S/C20H31NO/c1-3-4-12-19-14-15-20(13-8-9-17(2)22)21(19)16-18-10-6-5-7-11-18/h5-7,10-11,19-20H,3-4,8-9,12-16H2,1-2H3/t19-,20-/m0/s1. The number of Topliss-reactive ketones (excluding diaryl/α,β-unsaturated/α-hetero) is 1. The van der Waals surface area contributed by atoms with Gasteiger partial charge in [0.25, 0.3) is 0 Å². The third-order valence-corrected chi connectivity index (χ3v) is 4.94. The SMILES string of the molecule is CCCC[C@H]1CC[C@H](CCCC(C)=O)N1Cc1ccccc1. The molecule has 1 aliphatic rings. The van der Waals surface area contributed by atoms with Gasteiger partial charge in [0, 0.05) is 25.0 Å². The fraction of sp³-hybridized carbons (Fsp3) is 0.650. The normalized spacial score (nSPS) is 22.1. The van der Waals surface area contributed by atoms with E-state index in [4.69, 9.17) is 0 Å². The molecule has 2 rings (SSSR count). The molecule has 0 aliphatic carbocycles. The number of benzene rings is 1. The maximum absolute atomic E-state index is 11.2. The Morgan fingerprint density at radius 1 is 1.09 bits per heavy atom. The minimum atomic E-state index is 0.329. The highest BCUT2D eigenvalue weighted by Crippen LogP contribution is 2.32. The van der Waals surface area contributed by atoms with Gasteiger partial charge in [-0.05, 0) is 44.6 Å². The van der Waals surface area contributed by atoms with Crippen LogP contribution < -0.4 is 0 Å². The molecule has 0 amide bonds. The predicted octanol–water partition coefficient (Wildman–Crippen LogP) is 4.97. The molecule has 122 valence electrons. The van der Waals surface area contributed by atoms with Gasteiger partial charge in [-0.15, -0.1) is 0 Å². The molecule has 0 aromatic heterocycles. The monoisotopic (exact) mass is 301 g/mol. The van der Waals surface area contributed by atoms with Crippen LogP contribution in [0, 0.1) is 0 Å². The summed E-state index contributed by atoms with van der Waals surface area (Å²) in [6, 6.07) is 12.2. The topological polar surface area (TPSA) is 20.3 Å². The van der Waals surface area contributed by atoms with Crippen LogP contribution in [-0.4, -0.2) is 22.8 Å². The second-order valence-electron chi connectivity index (χ2n) is 6.78. The lowest BCUT2D eigenvalue weighted by Crippen LogP contribution is -2.35. The molecule has 1 aromatic rings. The first-order valence-electron chi connectivity index (χ1n) is 8.99. The van der Waals surface area contributed by atoms with Gasteiger partial charge in [0.1, 0.15) is 5.78 Å². The summed E-state index contributed by atoms with van der Waals surface area (Å²) in [5.41, 5.74) is 1.42. The van der Waals surface area contributed by atoms with Gasteiger partial charge in [-0.2, -0.15) is 0 Å². The predicted molar refractivity (Wildman–Crippen MR) is 92.9 cm³/mol. The van der Waals surface area contributed by atoms with Crippen LogP contribution in [0.3, 0.4) is 0 Å². The van der Waals surface area contributed by atoms with E-state index in [1.165, 1.54) is 44.1 Å². The van der Waals surface area contributed by atoms with E-state index >= 15 is 0 Å². The molecule has 2 nitrogen and oxygen atoms in total. The number of carbonyl (C=O) groups is 1. The smallest absolute Gasteiger partial charge is 0.129 e. The Kier molecular flexibility index (Phi) is 7.11. The fourth-order valence-electron chi connectivity index (χ4n) is 3.71. The van der Waals surface area contributed by atoms with Gasteiger partial charge in [-0.1, -0.05) is 50.1 Å². The first kappa shape index (κ1) is 17.2. The molecule has 0 unspecified atom stereocenters. The van der Waals surface area contributed by atoms with E-state index in [1.807, 2.05) is 0 Å². The molecular weight excluding hydrogens is 270 g/mol. The van der Waals surface area contributed by atoms with E-state index in [-0.39, 0.29) is 0 Å². The summed E-state index contributed by atoms with van der Waals surface area (Å²) in [7, 11) is 0. The van der Waals surface area contributed by atoms with Gasteiger partial charge in [0.15, 0.2) is 0 Å². The average molecular weight is 301 g/mol. The molecule has 1 heterocycles. The minimum Gasteiger partial charge on any atom is -0.300 e. The Morgan fingerprint density at radius 3 is 2.32 bits per heavy atom. The van der Waals surface area contributed by atoms with E-state index in [9.17, 15) is 4.79 Å². The van der Waals surface area contributed by atoms with Crippen molar-refractivity contribution in [1.29, 1.82) is 0 Å². The second-order valence-corrected chi connectivity index (χ2v) is 6.78. The number of nitrogens with zero attached hydrogens (tertiary/aromatic N) is 1. The lowest BCUT2D eigenvalue weighted by molar-refractivity contribution is -0.117. The molecule has 1 fully saturated rings. The first-order valence-corrected chi connectivity index (χ1v) is 8.99. The molecule has 2 heteroatoms. The third-order valence-electron chi connectivity index (χ3n) is 4.94. The molecule has 22 heavy (non-hydrogen) atoms. The highest BCUT2D eigenvalue weighted by molar-refractivity contribution is 5.75. The zero-order chi connectivity index (χ0) is 15.8. The zero-order valence-electron chi connectivity index (χ0n) is 14.3. The Hall–Kier alpha value is -1.15. The van der Waals surface area contributed by atoms with E-state index in [0.29, 0.717) is 11.8 Å². The largest absolute Gasteiger partial charge is 0.300 e. The Bertz CT molecular complexity index is 442. The van der Waals surface area contributed by atoms with Crippen LogP contribution >= 0.6 is 0 Å². The summed E-state index contributed by atoms with van der Waals surface area (Å²) in [5.74, 6) is 0.329. The number of ketones is 1. The minimum absolute atomic E-state index is 0.329. The lowest BCUT2D eigenvalue weighted by atomic mass is 10.1. The number of hydrogen-bond acceptors (Lipinski definition) is 2. The second kappa shape index (κ2) is 9.09. The van der Waals surface area contributed by atoms with Crippen LogP contribution in [0.15, 0.2) is 30.3 Å². The van der Waals surface area contributed by atoms with Crippen molar-refractivity contribution in [1.82, 2.24) is 4.90 Å². The van der Waals surface area contributed by atoms with Crippen molar-refractivity contribution in [3.05, 3.63) is 35.9 Å². The maximum Gasteiger partial charge on any atom is 0.129 e. The molecule has 1 aliphatic heterocycles. The first-order chi connectivity index (χ1) is 10.7. The van der Waals surface area contributed by atoms with Crippen LogP contribution in [0.5, 0.6) is 0 Å². The summed E-state index contributed by atoms with van der Waals surface area (Å²) in [5, 5.41) is 0. The van der Waals surface area contributed by atoms with Crippen molar-refractivity contribution in [2.24, 2.45) is 0 Å². The van der Waals surface area contributed by atoms with E-state index in [2.05, 4.69) is 42.2 Å². The molecule has 0 spiro atoms. The zero-order valence-corrected chi connectivity index (χ0v) is 14.3. The van der Waals surface area contributed by atoms with Crippen LogP contribution in [0.25, 0.3) is 0 Å². The molecule has 0 radical (unpaired) electrons. The van der Waals surface area contributed by atoms with Gasteiger partial charge < -0.3 is 4.79 Å². The summed E-state index contributed by atoms with van der Waals surface area (Å²) in [4.78, 5) is 13.9. The number of rotatable bonds is 9. The summed E-state index contributed by atoms with van der Waals surface area (Å²) in [6.45, 7) is 5.06.